The highest BCUT2D eigenvalue weighted by Gasteiger charge is 1.94. The van der Waals surface area contributed by atoms with E-state index in [0.717, 1.165) is 12.8 Å². The number of carbonyl (C=O) groups excluding carboxylic acids is 1. The summed E-state index contributed by atoms with van der Waals surface area (Å²) in [5.41, 5.74) is 5.01. The van der Waals surface area contributed by atoms with Crippen molar-refractivity contribution in [3.63, 3.8) is 0 Å². The topological polar surface area (TPSA) is 43.1 Å². The Morgan fingerprint density at radius 3 is 2.58 bits per heavy atom. The van der Waals surface area contributed by atoms with Gasteiger partial charge in [0.25, 0.3) is 0 Å². The molecule has 12 heavy (non-hydrogen) atoms. The van der Waals surface area contributed by atoms with Gasteiger partial charge in [-0.05, 0) is 12.8 Å². The van der Waals surface area contributed by atoms with Gasteiger partial charge in [-0.1, -0.05) is 34.9 Å². The number of carbonyl (C=O) groups is 1. The Hall–Kier alpha value is 0.170. The zero-order chi connectivity index (χ0) is 9.23. The quantitative estimate of drug-likeness (QED) is 0.491. The van der Waals surface area contributed by atoms with Crippen LogP contribution in [0.1, 0.15) is 32.6 Å². The third-order valence-corrected chi connectivity index (χ3v) is 3.92. The van der Waals surface area contributed by atoms with Crippen LogP contribution in [0.25, 0.3) is 0 Å². The van der Waals surface area contributed by atoms with Gasteiger partial charge in [0.2, 0.25) is 5.91 Å². The van der Waals surface area contributed by atoms with Crippen LogP contribution in [0, 0.1) is 0 Å². The minimum atomic E-state index is -0.175. The summed E-state index contributed by atoms with van der Waals surface area (Å²) < 4.78 is 0. The first-order chi connectivity index (χ1) is 5.77. The normalized spacial score (nSPS) is 10.1. The average molecular weight is 207 g/mol. The van der Waals surface area contributed by atoms with Gasteiger partial charge in [0.05, 0.1) is 0 Å². The highest BCUT2D eigenvalue weighted by Crippen LogP contribution is 2.21. The Morgan fingerprint density at radius 1 is 1.25 bits per heavy atom. The molecule has 2 nitrogen and oxygen atoms in total. The highest BCUT2D eigenvalue weighted by atomic mass is 33.1. The molecule has 0 saturated carbocycles. The third kappa shape index (κ3) is 10.2. The highest BCUT2D eigenvalue weighted by molar-refractivity contribution is 8.76. The summed E-state index contributed by atoms with van der Waals surface area (Å²) in [6.07, 6.45) is 3.82. The van der Waals surface area contributed by atoms with Crippen molar-refractivity contribution in [1.29, 1.82) is 0 Å². The maximum Gasteiger partial charge on any atom is 0.217 e. The van der Waals surface area contributed by atoms with Crippen LogP contribution in [-0.4, -0.2) is 17.4 Å². The molecule has 72 valence electrons. The number of amides is 1. The number of hydrogen-bond donors (Lipinski definition) is 1. The molecular formula is C8H17NOS2. The molecule has 0 heterocycles. The Morgan fingerprint density at radius 2 is 2.00 bits per heavy atom. The van der Waals surface area contributed by atoms with Crippen LogP contribution in [0.2, 0.25) is 0 Å². The van der Waals surface area contributed by atoms with E-state index in [9.17, 15) is 4.79 Å². The van der Waals surface area contributed by atoms with Crippen molar-refractivity contribution < 1.29 is 4.79 Å². The van der Waals surface area contributed by atoms with E-state index in [1.165, 1.54) is 17.9 Å². The van der Waals surface area contributed by atoms with Gasteiger partial charge in [-0.15, -0.1) is 0 Å². The molecule has 4 heteroatoms. The third-order valence-electron chi connectivity index (χ3n) is 1.35. The molecule has 0 aliphatic heterocycles. The van der Waals surface area contributed by atoms with Crippen molar-refractivity contribution in [1.82, 2.24) is 0 Å². The van der Waals surface area contributed by atoms with E-state index in [1.54, 1.807) is 0 Å². The molecule has 0 rings (SSSR count). The molecule has 0 bridgehead atoms. The molecule has 0 aliphatic rings. The van der Waals surface area contributed by atoms with Crippen LogP contribution < -0.4 is 5.73 Å². The van der Waals surface area contributed by atoms with E-state index in [-0.39, 0.29) is 5.91 Å². The van der Waals surface area contributed by atoms with Crippen molar-refractivity contribution >= 4 is 27.5 Å². The fourth-order valence-electron chi connectivity index (χ4n) is 0.779. The molecular weight excluding hydrogens is 190 g/mol. The number of primary amides is 1. The van der Waals surface area contributed by atoms with E-state index < -0.39 is 0 Å². The molecule has 0 aromatic heterocycles. The van der Waals surface area contributed by atoms with Gasteiger partial charge in [-0.2, -0.15) is 0 Å². The van der Waals surface area contributed by atoms with Gasteiger partial charge in [0.15, 0.2) is 0 Å². The molecule has 0 aromatic rings. The Balaban J connectivity index is 2.86. The number of unbranched alkanes of at least 4 members (excludes halogenated alkanes) is 2. The second-order valence-corrected chi connectivity index (χ2v) is 5.38. The van der Waals surface area contributed by atoms with Crippen molar-refractivity contribution in [2.75, 3.05) is 11.5 Å². The minimum Gasteiger partial charge on any atom is -0.370 e. The van der Waals surface area contributed by atoms with E-state index in [1.807, 2.05) is 21.6 Å². The van der Waals surface area contributed by atoms with Crippen molar-refractivity contribution in [2.45, 2.75) is 32.6 Å². The Kier molecular flexibility index (Phi) is 9.39. The fraction of sp³-hybridized carbons (Fsp3) is 0.875. The first-order valence-electron chi connectivity index (χ1n) is 4.30. The summed E-state index contributed by atoms with van der Waals surface area (Å²) in [6, 6.07) is 0. The van der Waals surface area contributed by atoms with Crippen LogP contribution in [-0.2, 0) is 4.79 Å². The van der Waals surface area contributed by atoms with Gasteiger partial charge in [0, 0.05) is 17.9 Å². The lowest BCUT2D eigenvalue weighted by Crippen LogP contribution is -2.09. The van der Waals surface area contributed by atoms with Crippen LogP contribution in [0.4, 0.5) is 0 Å². The second kappa shape index (κ2) is 9.26. The van der Waals surface area contributed by atoms with Crippen LogP contribution in [0.15, 0.2) is 0 Å². The lowest BCUT2D eigenvalue weighted by molar-refractivity contribution is -0.118. The number of rotatable bonds is 8. The number of hydrogen-bond acceptors (Lipinski definition) is 3. The first-order valence-corrected chi connectivity index (χ1v) is 6.79. The molecule has 0 aromatic carbocycles. The molecule has 0 atom stereocenters. The van der Waals surface area contributed by atoms with Crippen LogP contribution >= 0.6 is 21.6 Å². The lowest BCUT2D eigenvalue weighted by Gasteiger charge is -1.98. The maximum atomic E-state index is 10.3. The van der Waals surface area contributed by atoms with Crippen molar-refractivity contribution in [3.8, 4) is 0 Å². The standard InChI is InChI=1S/C8H17NOS2/c1-2-11-12-7-5-3-4-6-8(9)10/h2-7H2,1H3,(H2,9,10). The largest absolute Gasteiger partial charge is 0.370 e. The van der Waals surface area contributed by atoms with Gasteiger partial charge < -0.3 is 5.73 Å². The monoisotopic (exact) mass is 207 g/mol. The average Bonchev–Trinajstić information content (AvgIpc) is 2.02. The predicted octanol–water partition coefficient (Wildman–Crippen LogP) is 2.43. The Labute approximate surface area is 82.4 Å². The molecule has 0 saturated heterocycles. The maximum absolute atomic E-state index is 10.3. The summed E-state index contributed by atoms with van der Waals surface area (Å²) in [7, 11) is 3.81. The molecule has 1 amide bonds. The van der Waals surface area contributed by atoms with Crippen LogP contribution in [0.5, 0.6) is 0 Å². The van der Waals surface area contributed by atoms with Gasteiger partial charge in [-0.3, -0.25) is 4.79 Å². The summed E-state index contributed by atoms with van der Waals surface area (Å²) in [4.78, 5) is 10.3. The SMILES string of the molecule is CCSSCCCCCC(N)=O. The van der Waals surface area contributed by atoms with E-state index in [4.69, 9.17) is 5.73 Å². The second-order valence-electron chi connectivity index (χ2n) is 2.51. The van der Waals surface area contributed by atoms with Gasteiger partial charge >= 0.3 is 0 Å². The predicted molar refractivity (Wildman–Crippen MR) is 58.3 cm³/mol. The minimum absolute atomic E-state index is 0.175. The molecule has 0 fully saturated rings. The van der Waals surface area contributed by atoms with E-state index in [2.05, 4.69) is 6.92 Å². The summed E-state index contributed by atoms with van der Waals surface area (Å²) in [6.45, 7) is 2.16. The van der Waals surface area contributed by atoms with Gasteiger partial charge in [0.1, 0.15) is 0 Å². The first kappa shape index (κ1) is 12.2. The van der Waals surface area contributed by atoms with Crippen LogP contribution in [0.3, 0.4) is 0 Å². The van der Waals surface area contributed by atoms with Crippen molar-refractivity contribution in [3.05, 3.63) is 0 Å². The lowest BCUT2D eigenvalue weighted by atomic mass is 10.2. The molecule has 0 unspecified atom stereocenters. The smallest absolute Gasteiger partial charge is 0.217 e. The summed E-state index contributed by atoms with van der Waals surface area (Å²) in [5, 5.41) is 0. The zero-order valence-corrected chi connectivity index (χ0v) is 9.18. The molecule has 0 spiro atoms. The summed E-state index contributed by atoms with van der Waals surface area (Å²) >= 11 is 0. The molecule has 0 aliphatic carbocycles. The Bertz CT molecular complexity index is 120. The number of nitrogens with two attached hydrogens (primary N) is 1. The van der Waals surface area contributed by atoms with E-state index >= 15 is 0 Å². The van der Waals surface area contributed by atoms with Gasteiger partial charge in [-0.25, -0.2) is 0 Å². The van der Waals surface area contributed by atoms with Crippen molar-refractivity contribution in [2.24, 2.45) is 5.73 Å². The summed E-state index contributed by atoms with van der Waals surface area (Å²) in [5.74, 6) is 2.19. The molecule has 0 radical (unpaired) electrons. The van der Waals surface area contributed by atoms with E-state index in [0.29, 0.717) is 6.42 Å². The molecule has 2 N–H and O–H groups in total. The zero-order valence-electron chi connectivity index (χ0n) is 7.54. The fourth-order valence-corrected chi connectivity index (χ4v) is 2.59.